The second kappa shape index (κ2) is 10.2. The molecule has 31 heavy (non-hydrogen) atoms. The number of nitrogens with zero attached hydrogens (tertiary/aromatic N) is 1. The summed E-state index contributed by atoms with van der Waals surface area (Å²) < 4.78 is 65.7. The first-order valence-corrected chi connectivity index (χ1v) is 12.7. The molecule has 9 nitrogen and oxygen atoms in total. The fraction of sp³-hybridized carbons (Fsp3) is 0.400. The van der Waals surface area contributed by atoms with Gasteiger partial charge in [0.25, 0.3) is 10.0 Å². The Balaban J connectivity index is 2.51. The van der Waals surface area contributed by atoms with Gasteiger partial charge in [0, 0.05) is 26.7 Å². The van der Waals surface area contributed by atoms with E-state index in [1.165, 1.54) is 50.5 Å². The number of anilines is 2. The van der Waals surface area contributed by atoms with Crippen LogP contribution in [0.25, 0.3) is 0 Å². The quantitative estimate of drug-likeness (QED) is 0.518. The van der Waals surface area contributed by atoms with Crippen LogP contribution in [0.2, 0.25) is 0 Å². The number of hydrogen-bond acceptors (Lipinski definition) is 7. The molecule has 0 spiro atoms. The summed E-state index contributed by atoms with van der Waals surface area (Å²) in [6, 6.07) is 8.56. The largest absolute Gasteiger partial charge is 0.490 e. The fourth-order valence-corrected chi connectivity index (χ4v) is 4.74. The molecule has 0 aromatic heterocycles. The monoisotopic (exact) mass is 471 g/mol. The number of sulfonamides is 2. The Morgan fingerprint density at radius 3 is 2.00 bits per heavy atom. The second-order valence-corrected chi connectivity index (χ2v) is 10.4. The molecule has 0 saturated carbocycles. The van der Waals surface area contributed by atoms with E-state index in [1.54, 1.807) is 6.92 Å². The van der Waals surface area contributed by atoms with E-state index in [2.05, 4.69) is 10.0 Å². The van der Waals surface area contributed by atoms with Gasteiger partial charge in [0.2, 0.25) is 10.0 Å². The molecule has 2 rings (SSSR count). The molecule has 0 amide bonds. The Morgan fingerprint density at radius 2 is 1.42 bits per heavy atom. The molecule has 0 aliphatic carbocycles. The number of benzene rings is 2. The summed E-state index contributed by atoms with van der Waals surface area (Å²) in [5.74, 6) is 0.749. The van der Waals surface area contributed by atoms with E-state index in [4.69, 9.17) is 9.47 Å². The van der Waals surface area contributed by atoms with Crippen LogP contribution >= 0.6 is 0 Å². The van der Waals surface area contributed by atoms with E-state index in [0.29, 0.717) is 36.9 Å². The van der Waals surface area contributed by atoms with Gasteiger partial charge in [0.15, 0.2) is 11.5 Å². The molecular weight excluding hydrogens is 442 g/mol. The Labute approximate surface area is 184 Å². The normalized spacial score (nSPS) is 11.9. The van der Waals surface area contributed by atoms with E-state index < -0.39 is 20.0 Å². The molecule has 0 heterocycles. The maximum absolute atomic E-state index is 13.1. The third-order valence-electron chi connectivity index (χ3n) is 4.21. The Bertz CT molecular complexity index is 1120. The van der Waals surface area contributed by atoms with E-state index in [1.807, 2.05) is 13.8 Å². The summed E-state index contributed by atoms with van der Waals surface area (Å²) in [4.78, 5) is -0.0683. The van der Waals surface area contributed by atoms with E-state index >= 15 is 0 Å². The minimum absolute atomic E-state index is 0.0291. The smallest absolute Gasteiger partial charge is 0.262 e. The van der Waals surface area contributed by atoms with Crippen LogP contribution in [0.1, 0.15) is 20.8 Å². The maximum atomic E-state index is 13.1. The molecule has 2 N–H and O–H groups in total. The van der Waals surface area contributed by atoms with Crippen LogP contribution in [0, 0.1) is 0 Å². The van der Waals surface area contributed by atoms with E-state index in [9.17, 15) is 16.8 Å². The third-order valence-corrected chi connectivity index (χ3v) is 7.38. The zero-order valence-electron chi connectivity index (χ0n) is 18.3. The summed E-state index contributed by atoms with van der Waals surface area (Å²) in [6.45, 7) is 6.72. The number of nitrogens with one attached hydrogen (secondary N) is 2. The van der Waals surface area contributed by atoms with E-state index in [0.717, 1.165) is 4.31 Å². The summed E-state index contributed by atoms with van der Waals surface area (Å²) in [7, 11) is -4.97. The predicted molar refractivity (Wildman–Crippen MR) is 121 cm³/mol. The van der Waals surface area contributed by atoms with Crippen LogP contribution in [0.4, 0.5) is 11.4 Å². The minimum Gasteiger partial charge on any atom is -0.490 e. The average molecular weight is 472 g/mol. The van der Waals surface area contributed by atoms with Gasteiger partial charge < -0.3 is 14.8 Å². The van der Waals surface area contributed by atoms with Gasteiger partial charge in [-0.15, -0.1) is 0 Å². The van der Waals surface area contributed by atoms with Crippen LogP contribution in [-0.2, 0) is 20.0 Å². The number of ether oxygens (including phenoxy) is 2. The zero-order chi connectivity index (χ0) is 23.2. The molecule has 0 radical (unpaired) electrons. The molecule has 0 aliphatic rings. The van der Waals surface area contributed by atoms with Crippen molar-refractivity contribution >= 4 is 31.4 Å². The molecule has 0 bridgehead atoms. The van der Waals surface area contributed by atoms with E-state index in [-0.39, 0.29) is 15.5 Å². The van der Waals surface area contributed by atoms with Crippen LogP contribution in [0.3, 0.4) is 0 Å². The van der Waals surface area contributed by atoms with Crippen molar-refractivity contribution < 1.29 is 26.3 Å². The number of hydrogen-bond donors (Lipinski definition) is 2. The molecule has 172 valence electrons. The second-order valence-electron chi connectivity index (χ2n) is 6.61. The van der Waals surface area contributed by atoms with Crippen LogP contribution in [-0.4, -0.2) is 55.0 Å². The SMILES string of the molecule is CCNc1ccc(S(=O)(=O)N(C)C)cc1NS(=O)(=O)c1ccc(OCC)c(OCC)c1. The van der Waals surface area contributed by atoms with Gasteiger partial charge in [0.05, 0.1) is 34.4 Å². The Morgan fingerprint density at radius 1 is 0.806 bits per heavy atom. The molecule has 0 aliphatic heterocycles. The Hall–Kier alpha value is -2.50. The highest BCUT2D eigenvalue weighted by atomic mass is 32.2. The van der Waals surface area contributed by atoms with Gasteiger partial charge in [-0.2, -0.15) is 0 Å². The molecular formula is C20H29N3O6S2. The third kappa shape index (κ3) is 5.81. The molecule has 0 atom stereocenters. The first-order valence-electron chi connectivity index (χ1n) is 9.79. The van der Waals surface area contributed by atoms with Gasteiger partial charge >= 0.3 is 0 Å². The van der Waals surface area contributed by atoms with Gasteiger partial charge in [-0.3, -0.25) is 4.72 Å². The lowest BCUT2D eigenvalue weighted by atomic mass is 10.2. The van der Waals surface area contributed by atoms with Gasteiger partial charge in [-0.1, -0.05) is 0 Å². The molecule has 0 unspecified atom stereocenters. The van der Waals surface area contributed by atoms with Crippen LogP contribution < -0.4 is 19.5 Å². The number of rotatable bonds is 11. The standard InChI is InChI=1S/C20H29N3O6S2/c1-6-21-17-11-9-16(31(26,27)23(4)5)13-18(17)22-30(24,25)15-10-12-19(28-7-2)20(14-15)29-8-3/h9-14,21-22H,6-8H2,1-5H3. The van der Waals surface area contributed by atoms with Crippen molar-refractivity contribution in [2.75, 3.05) is 43.9 Å². The summed E-state index contributed by atoms with van der Waals surface area (Å²) in [5, 5.41) is 3.04. The van der Waals surface area contributed by atoms with Gasteiger partial charge in [-0.25, -0.2) is 21.1 Å². The molecule has 0 fully saturated rings. The topological polar surface area (TPSA) is 114 Å². The molecule has 0 saturated heterocycles. The summed E-state index contributed by atoms with van der Waals surface area (Å²) in [5.41, 5.74) is 0.580. The van der Waals surface area contributed by atoms with Crippen LogP contribution in [0.5, 0.6) is 11.5 Å². The highest BCUT2D eigenvalue weighted by molar-refractivity contribution is 7.92. The first-order chi connectivity index (χ1) is 14.6. The molecule has 2 aromatic carbocycles. The lowest BCUT2D eigenvalue weighted by Gasteiger charge is -2.18. The molecule has 11 heteroatoms. The van der Waals surface area contributed by atoms with Crippen molar-refractivity contribution in [3.8, 4) is 11.5 Å². The summed E-state index contributed by atoms with van der Waals surface area (Å²) in [6.07, 6.45) is 0. The maximum Gasteiger partial charge on any atom is 0.262 e. The average Bonchev–Trinajstić information content (AvgIpc) is 2.70. The predicted octanol–water partition coefficient (Wildman–Crippen LogP) is 2.97. The highest BCUT2D eigenvalue weighted by Gasteiger charge is 2.22. The lowest BCUT2D eigenvalue weighted by molar-refractivity contribution is 0.287. The Kier molecular flexibility index (Phi) is 8.15. The van der Waals surface area contributed by atoms with Crippen molar-refractivity contribution in [2.24, 2.45) is 0 Å². The van der Waals surface area contributed by atoms with Crippen molar-refractivity contribution in [3.05, 3.63) is 36.4 Å². The fourth-order valence-electron chi connectivity index (χ4n) is 2.73. The highest BCUT2D eigenvalue weighted by Crippen LogP contribution is 2.33. The zero-order valence-corrected chi connectivity index (χ0v) is 19.9. The van der Waals surface area contributed by atoms with Gasteiger partial charge in [0.1, 0.15) is 0 Å². The lowest BCUT2D eigenvalue weighted by Crippen LogP contribution is -2.22. The van der Waals surface area contributed by atoms with Crippen molar-refractivity contribution in [2.45, 2.75) is 30.6 Å². The van der Waals surface area contributed by atoms with Crippen LogP contribution in [0.15, 0.2) is 46.2 Å². The van der Waals surface area contributed by atoms with Gasteiger partial charge in [-0.05, 0) is 51.1 Å². The van der Waals surface area contributed by atoms with Crippen molar-refractivity contribution in [1.29, 1.82) is 0 Å². The van der Waals surface area contributed by atoms with Crippen molar-refractivity contribution in [3.63, 3.8) is 0 Å². The molecule has 2 aromatic rings. The minimum atomic E-state index is -4.04. The first kappa shape index (κ1) is 24.8. The van der Waals surface area contributed by atoms with Crippen molar-refractivity contribution in [1.82, 2.24) is 4.31 Å². The summed E-state index contributed by atoms with van der Waals surface area (Å²) >= 11 is 0.